The summed E-state index contributed by atoms with van der Waals surface area (Å²) in [6.45, 7) is 2.55. The number of rotatable bonds is 10. The molecule has 1 N–H and O–H groups in total. The van der Waals surface area contributed by atoms with E-state index in [0.29, 0.717) is 28.7 Å². The number of hydrogen-bond donors (Lipinski definition) is 1. The molecule has 0 radical (unpaired) electrons. The first-order valence-corrected chi connectivity index (χ1v) is 11.8. The fraction of sp³-hybridized carbons (Fsp3) is 0.167. The van der Waals surface area contributed by atoms with Crippen molar-refractivity contribution >= 4 is 52.0 Å². The monoisotopic (exact) mass is 609 g/mol. The summed E-state index contributed by atoms with van der Waals surface area (Å²) in [6.07, 6.45) is 1.43. The van der Waals surface area contributed by atoms with Crippen molar-refractivity contribution < 1.29 is 23.9 Å². The van der Waals surface area contributed by atoms with Gasteiger partial charge in [0.05, 0.1) is 34.0 Å². The van der Waals surface area contributed by atoms with E-state index in [1.165, 1.54) is 25.5 Å². The standard InChI is InChI=1S/C24H21ClIN3O6/c1-3-34-22-11-15(10-20(26)23(22)35-14-16-6-4-5-7-19(16)25)13-27-28-24(30)18-12-17(29(31)32)8-9-21(18)33-2/h4-13H,3,14H2,1-2H3,(H,28,30)/b27-13-. The van der Waals surface area contributed by atoms with Gasteiger partial charge in [-0.2, -0.15) is 5.10 Å². The number of benzene rings is 3. The lowest BCUT2D eigenvalue weighted by molar-refractivity contribution is -0.384. The molecule has 182 valence electrons. The average Bonchev–Trinajstić information content (AvgIpc) is 2.84. The molecule has 0 unspecified atom stereocenters. The van der Waals surface area contributed by atoms with Crippen molar-refractivity contribution in [2.24, 2.45) is 5.10 Å². The second kappa shape index (κ2) is 12.4. The van der Waals surface area contributed by atoms with Crippen LogP contribution in [0.2, 0.25) is 5.02 Å². The minimum absolute atomic E-state index is 0.00763. The smallest absolute Gasteiger partial charge is 0.275 e. The number of amides is 1. The minimum Gasteiger partial charge on any atom is -0.496 e. The Kier molecular flexibility index (Phi) is 9.26. The van der Waals surface area contributed by atoms with E-state index in [-0.39, 0.29) is 23.6 Å². The van der Waals surface area contributed by atoms with Crippen LogP contribution in [-0.4, -0.2) is 30.8 Å². The van der Waals surface area contributed by atoms with Crippen LogP contribution in [-0.2, 0) is 6.61 Å². The van der Waals surface area contributed by atoms with Crippen LogP contribution in [0.25, 0.3) is 0 Å². The van der Waals surface area contributed by atoms with Crippen molar-refractivity contribution in [1.82, 2.24) is 5.43 Å². The zero-order valence-electron chi connectivity index (χ0n) is 18.8. The molecule has 35 heavy (non-hydrogen) atoms. The van der Waals surface area contributed by atoms with Crippen LogP contribution < -0.4 is 19.6 Å². The number of nitro groups is 1. The zero-order valence-corrected chi connectivity index (χ0v) is 21.7. The highest BCUT2D eigenvalue weighted by molar-refractivity contribution is 14.1. The molecular weight excluding hydrogens is 589 g/mol. The van der Waals surface area contributed by atoms with Crippen LogP contribution >= 0.6 is 34.2 Å². The largest absolute Gasteiger partial charge is 0.496 e. The topological polar surface area (TPSA) is 112 Å². The van der Waals surface area contributed by atoms with Gasteiger partial charge in [0.1, 0.15) is 12.4 Å². The van der Waals surface area contributed by atoms with Gasteiger partial charge in [0.15, 0.2) is 11.5 Å². The van der Waals surface area contributed by atoms with E-state index in [0.717, 1.165) is 15.2 Å². The van der Waals surface area contributed by atoms with Crippen LogP contribution in [0, 0.1) is 13.7 Å². The lowest BCUT2D eigenvalue weighted by Crippen LogP contribution is -2.18. The van der Waals surface area contributed by atoms with Crippen molar-refractivity contribution in [1.29, 1.82) is 0 Å². The highest BCUT2D eigenvalue weighted by Gasteiger charge is 2.17. The van der Waals surface area contributed by atoms with Gasteiger partial charge in [-0.3, -0.25) is 14.9 Å². The maximum atomic E-state index is 12.5. The maximum Gasteiger partial charge on any atom is 0.275 e. The number of hydrogen-bond acceptors (Lipinski definition) is 7. The van der Waals surface area contributed by atoms with Gasteiger partial charge in [0.25, 0.3) is 11.6 Å². The first-order valence-electron chi connectivity index (χ1n) is 10.3. The number of carbonyl (C=O) groups is 1. The highest BCUT2D eigenvalue weighted by atomic mass is 127. The molecule has 11 heteroatoms. The number of ether oxygens (including phenoxy) is 3. The molecule has 3 aromatic rings. The Morgan fingerprint density at radius 3 is 2.63 bits per heavy atom. The van der Waals surface area contributed by atoms with Crippen LogP contribution in [0.3, 0.4) is 0 Å². The van der Waals surface area contributed by atoms with Crippen LogP contribution in [0.1, 0.15) is 28.4 Å². The molecule has 0 bridgehead atoms. The zero-order chi connectivity index (χ0) is 25.4. The molecular formula is C24H21ClIN3O6. The van der Waals surface area contributed by atoms with E-state index in [4.69, 9.17) is 25.8 Å². The number of nitrogens with zero attached hydrogens (tertiary/aromatic N) is 2. The van der Waals surface area contributed by atoms with E-state index >= 15 is 0 Å². The molecule has 0 saturated carbocycles. The second-order valence-corrected chi connectivity index (χ2v) is 8.55. The third-order valence-electron chi connectivity index (χ3n) is 4.68. The normalized spacial score (nSPS) is 10.7. The number of non-ortho nitro benzene ring substituents is 1. The van der Waals surface area contributed by atoms with Crippen molar-refractivity contribution in [2.75, 3.05) is 13.7 Å². The second-order valence-electron chi connectivity index (χ2n) is 6.98. The van der Waals surface area contributed by atoms with Crippen molar-refractivity contribution in [3.05, 3.63) is 90.0 Å². The molecule has 1 amide bonds. The Labute approximate surface area is 220 Å². The molecule has 0 aromatic heterocycles. The summed E-state index contributed by atoms with van der Waals surface area (Å²) < 4.78 is 17.6. The quantitative estimate of drug-likeness (QED) is 0.139. The molecule has 0 saturated heterocycles. The molecule has 0 fully saturated rings. The summed E-state index contributed by atoms with van der Waals surface area (Å²) in [7, 11) is 1.37. The van der Waals surface area contributed by atoms with E-state index < -0.39 is 10.8 Å². The first kappa shape index (κ1) is 26.2. The molecule has 0 spiro atoms. The molecule has 0 aliphatic heterocycles. The highest BCUT2D eigenvalue weighted by Crippen LogP contribution is 2.35. The fourth-order valence-corrected chi connectivity index (χ4v) is 4.01. The van der Waals surface area contributed by atoms with Crippen LogP contribution in [0.4, 0.5) is 5.69 Å². The molecule has 0 atom stereocenters. The fourth-order valence-electron chi connectivity index (χ4n) is 3.04. The van der Waals surface area contributed by atoms with Gasteiger partial charge >= 0.3 is 0 Å². The van der Waals surface area contributed by atoms with Crippen LogP contribution in [0.5, 0.6) is 17.2 Å². The summed E-state index contributed by atoms with van der Waals surface area (Å²) in [5.74, 6) is 0.618. The predicted molar refractivity (Wildman–Crippen MR) is 141 cm³/mol. The third-order valence-corrected chi connectivity index (χ3v) is 5.85. The molecule has 9 nitrogen and oxygen atoms in total. The minimum atomic E-state index is -0.652. The van der Waals surface area contributed by atoms with E-state index in [1.807, 2.05) is 31.2 Å². The maximum absolute atomic E-state index is 12.5. The van der Waals surface area contributed by atoms with Crippen LogP contribution in [0.15, 0.2) is 59.7 Å². The average molecular weight is 610 g/mol. The summed E-state index contributed by atoms with van der Waals surface area (Å²) in [4.78, 5) is 23.0. The predicted octanol–water partition coefficient (Wildman–Crippen LogP) is 5.60. The van der Waals surface area contributed by atoms with Gasteiger partial charge in [-0.25, -0.2) is 5.43 Å². The number of methoxy groups -OCH3 is 1. The molecule has 3 aromatic carbocycles. The number of nitrogens with one attached hydrogen (secondary N) is 1. The Morgan fingerprint density at radius 1 is 1.17 bits per heavy atom. The first-order chi connectivity index (χ1) is 16.8. The Morgan fingerprint density at radius 2 is 1.94 bits per heavy atom. The third kappa shape index (κ3) is 6.83. The van der Waals surface area contributed by atoms with Crippen molar-refractivity contribution in [2.45, 2.75) is 13.5 Å². The number of carbonyl (C=O) groups excluding carboxylic acids is 1. The lowest BCUT2D eigenvalue weighted by Gasteiger charge is -2.15. The van der Waals surface area contributed by atoms with Crippen molar-refractivity contribution in [3.63, 3.8) is 0 Å². The lowest BCUT2D eigenvalue weighted by atomic mass is 10.1. The van der Waals surface area contributed by atoms with E-state index in [1.54, 1.807) is 12.1 Å². The van der Waals surface area contributed by atoms with Crippen molar-refractivity contribution in [3.8, 4) is 17.2 Å². The summed E-state index contributed by atoms with van der Waals surface area (Å²) in [5.41, 5.74) is 3.62. The van der Waals surface area contributed by atoms with Gasteiger partial charge in [0, 0.05) is 22.7 Å². The Balaban J connectivity index is 1.77. The van der Waals surface area contributed by atoms with E-state index in [9.17, 15) is 14.9 Å². The summed E-state index contributed by atoms with van der Waals surface area (Å²) in [6, 6.07) is 14.7. The summed E-state index contributed by atoms with van der Waals surface area (Å²) in [5, 5.41) is 15.6. The Bertz CT molecular complexity index is 1270. The van der Waals surface area contributed by atoms with Gasteiger partial charge in [-0.1, -0.05) is 29.8 Å². The molecule has 0 aliphatic carbocycles. The van der Waals surface area contributed by atoms with Gasteiger partial charge in [-0.15, -0.1) is 0 Å². The SMILES string of the molecule is CCOc1cc(/C=N\NC(=O)c2cc([N+](=O)[O-])ccc2OC)cc(I)c1OCc1ccccc1Cl. The summed E-state index contributed by atoms with van der Waals surface area (Å²) >= 11 is 8.35. The molecule has 0 heterocycles. The Hall–Kier alpha value is -3.38. The van der Waals surface area contributed by atoms with E-state index in [2.05, 4.69) is 33.1 Å². The molecule has 3 rings (SSSR count). The molecule has 0 aliphatic rings. The van der Waals surface area contributed by atoms with Gasteiger partial charge < -0.3 is 14.2 Å². The number of hydrazone groups is 1. The number of halogens is 2. The van der Waals surface area contributed by atoms with Gasteiger partial charge in [-0.05, 0) is 59.3 Å². The number of nitro benzene ring substituents is 1. The van der Waals surface area contributed by atoms with Gasteiger partial charge in [0.2, 0.25) is 0 Å².